The van der Waals surface area contributed by atoms with Gasteiger partial charge in [-0.2, -0.15) is 0 Å². The molecule has 0 bridgehead atoms. The van der Waals surface area contributed by atoms with Crippen LogP contribution in [0.15, 0.2) is 78.9 Å². The molecule has 1 N–H and O–H groups in total. The standard InChI is InChI=1S/C30H36N2O2S/c1-4-17-31-30(34)28(19-25-10-6-5-7-11-25)32(20-27-12-8-9-24(3)18-27)29(33)22-35-21-26-15-13-23(2)14-16-26/h5-16,18,28H,4,17,19-22H2,1-3H3,(H,31,34)/t28-/m0/s1. The lowest BCUT2D eigenvalue weighted by molar-refractivity contribution is -0.139. The molecule has 0 unspecified atom stereocenters. The molecule has 0 spiro atoms. The van der Waals surface area contributed by atoms with Crippen LogP contribution in [-0.2, 0) is 28.3 Å². The molecule has 2 amide bonds. The van der Waals surface area contributed by atoms with Gasteiger partial charge < -0.3 is 10.2 Å². The molecule has 184 valence electrons. The summed E-state index contributed by atoms with van der Waals surface area (Å²) in [6.45, 7) is 7.15. The van der Waals surface area contributed by atoms with Gasteiger partial charge in [-0.3, -0.25) is 9.59 Å². The van der Waals surface area contributed by atoms with E-state index in [4.69, 9.17) is 0 Å². The highest BCUT2D eigenvalue weighted by molar-refractivity contribution is 7.99. The van der Waals surface area contributed by atoms with Gasteiger partial charge in [-0.15, -0.1) is 11.8 Å². The van der Waals surface area contributed by atoms with Crippen LogP contribution >= 0.6 is 11.8 Å². The molecule has 0 aliphatic carbocycles. The molecule has 0 saturated carbocycles. The predicted octanol–water partition coefficient (Wildman–Crippen LogP) is 5.70. The molecule has 4 nitrogen and oxygen atoms in total. The first-order chi connectivity index (χ1) is 17.0. The summed E-state index contributed by atoms with van der Waals surface area (Å²) in [5.74, 6) is 0.971. The smallest absolute Gasteiger partial charge is 0.243 e. The summed E-state index contributed by atoms with van der Waals surface area (Å²) in [6.07, 6.45) is 1.33. The Morgan fingerprint density at radius 3 is 2.26 bits per heavy atom. The number of aryl methyl sites for hydroxylation is 2. The van der Waals surface area contributed by atoms with E-state index in [1.54, 1.807) is 16.7 Å². The Hall–Kier alpha value is -3.05. The normalized spacial score (nSPS) is 11.6. The topological polar surface area (TPSA) is 49.4 Å². The number of carbonyl (C=O) groups is 2. The first kappa shape index (κ1) is 26.6. The minimum absolute atomic E-state index is 0.0174. The van der Waals surface area contributed by atoms with Crippen LogP contribution in [0.1, 0.15) is 41.2 Å². The van der Waals surface area contributed by atoms with Gasteiger partial charge in [-0.05, 0) is 37.0 Å². The Labute approximate surface area is 214 Å². The lowest BCUT2D eigenvalue weighted by Gasteiger charge is -2.31. The molecule has 5 heteroatoms. The van der Waals surface area contributed by atoms with Crippen molar-refractivity contribution >= 4 is 23.6 Å². The predicted molar refractivity (Wildman–Crippen MR) is 146 cm³/mol. The summed E-state index contributed by atoms with van der Waals surface area (Å²) in [4.78, 5) is 28.7. The molecule has 0 heterocycles. The molecular weight excluding hydrogens is 452 g/mol. The van der Waals surface area contributed by atoms with E-state index in [-0.39, 0.29) is 11.8 Å². The highest BCUT2D eigenvalue weighted by atomic mass is 32.2. The van der Waals surface area contributed by atoms with Crippen LogP contribution in [0.5, 0.6) is 0 Å². The molecule has 0 aliphatic rings. The molecule has 0 fully saturated rings. The fraction of sp³-hybridized carbons (Fsp3) is 0.333. The van der Waals surface area contributed by atoms with Crippen molar-refractivity contribution in [1.29, 1.82) is 0 Å². The van der Waals surface area contributed by atoms with Crippen LogP contribution in [0.2, 0.25) is 0 Å². The number of nitrogens with zero attached hydrogens (tertiary/aromatic N) is 1. The van der Waals surface area contributed by atoms with E-state index in [0.717, 1.165) is 28.9 Å². The van der Waals surface area contributed by atoms with Crippen LogP contribution < -0.4 is 5.32 Å². The van der Waals surface area contributed by atoms with Crippen LogP contribution in [0, 0.1) is 13.8 Å². The van der Waals surface area contributed by atoms with Gasteiger partial charge in [0.15, 0.2) is 0 Å². The zero-order valence-electron chi connectivity index (χ0n) is 21.0. The number of benzene rings is 3. The lowest BCUT2D eigenvalue weighted by atomic mass is 10.0. The van der Waals surface area contributed by atoms with E-state index in [1.807, 2.05) is 62.4 Å². The Bertz CT molecular complexity index is 1080. The van der Waals surface area contributed by atoms with E-state index in [9.17, 15) is 9.59 Å². The third-order valence-corrected chi connectivity index (χ3v) is 6.86. The fourth-order valence-electron chi connectivity index (χ4n) is 3.95. The quantitative estimate of drug-likeness (QED) is 0.356. The van der Waals surface area contributed by atoms with Gasteiger partial charge in [0.2, 0.25) is 11.8 Å². The second-order valence-corrected chi connectivity index (χ2v) is 9.97. The number of amides is 2. The number of hydrogen-bond acceptors (Lipinski definition) is 3. The van der Waals surface area contributed by atoms with Crippen molar-refractivity contribution in [2.24, 2.45) is 0 Å². The van der Waals surface area contributed by atoms with Gasteiger partial charge in [0, 0.05) is 25.3 Å². The van der Waals surface area contributed by atoms with E-state index in [1.165, 1.54) is 11.1 Å². The van der Waals surface area contributed by atoms with E-state index < -0.39 is 6.04 Å². The summed E-state index contributed by atoms with van der Waals surface area (Å²) < 4.78 is 0. The van der Waals surface area contributed by atoms with Crippen LogP contribution in [0.3, 0.4) is 0 Å². The largest absolute Gasteiger partial charge is 0.354 e. The van der Waals surface area contributed by atoms with Crippen molar-refractivity contribution in [3.05, 3.63) is 107 Å². The second-order valence-electron chi connectivity index (χ2n) is 8.99. The molecule has 0 saturated heterocycles. The van der Waals surface area contributed by atoms with Crippen molar-refractivity contribution in [1.82, 2.24) is 10.2 Å². The number of nitrogens with one attached hydrogen (secondary N) is 1. The van der Waals surface area contributed by atoms with Crippen LogP contribution in [-0.4, -0.2) is 35.1 Å². The van der Waals surface area contributed by atoms with Crippen LogP contribution in [0.4, 0.5) is 0 Å². The maximum Gasteiger partial charge on any atom is 0.243 e. The number of hydrogen-bond donors (Lipinski definition) is 1. The van der Waals surface area contributed by atoms with Crippen molar-refractivity contribution < 1.29 is 9.59 Å². The molecular formula is C30H36N2O2S. The van der Waals surface area contributed by atoms with Gasteiger partial charge in [0.25, 0.3) is 0 Å². The van der Waals surface area contributed by atoms with E-state index in [2.05, 4.69) is 42.6 Å². The van der Waals surface area contributed by atoms with Gasteiger partial charge in [-0.1, -0.05) is 96.9 Å². The van der Waals surface area contributed by atoms with Crippen LogP contribution in [0.25, 0.3) is 0 Å². The maximum atomic E-state index is 13.6. The minimum Gasteiger partial charge on any atom is -0.354 e. The van der Waals surface area contributed by atoms with Gasteiger partial charge >= 0.3 is 0 Å². The molecule has 3 aromatic carbocycles. The summed E-state index contributed by atoms with van der Waals surface area (Å²) in [6, 6.07) is 25.9. The third kappa shape index (κ3) is 8.59. The number of rotatable bonds is 12. The molecule has 0 aromatic heterocycles. The molecule has 3 aromatic rings. The van der Waals surface area contributed by atoms with Gasteiger partial charge in [-0.25, -0.2) is 0 Å². The monoisotopic (exact) mass is 488 g/mol. The summed E-state index contributed by atoms with van der Waals surface area (Å²) in [5, 5.41) is 3.03. The average Bonchev–Trinajstić information content (AvgIpc) is 2.86. The minimum atomic E-state index is -0.572. The molecule has 0 radical (unpaired) electrons. The SMILES string of the molecule is CCCNC(=O)[C@H](Cc1ccccc1)N(Cc1cccc(C)c1)C(=O)CSCc1ccc(C)cc1. The zero-order valence-corrected chi connectivity index (χ0v) is 21.8. The Morgan fingerprint density at radius 2 is 1.57 bits per heavy atom. The highest BCUT2D eigenvalue weighted by Gasteiger charge is 2.30. The Kier molecular flexibility index (Phi) is 10.4. The number of thioether (sulfide) groups is 1. The Morgan fingerprint density at radius 1 is 0.857 bits per heavy atom. The fourth-order valence-corrected chi connectivity index (χ4v) is 4.82. The van der Waals surface area contributed by atoms with Crippen molar-refractivity contribution in [2.45, 2.75) is 52.0 Å². The van der Waals surface area contributed by atoms with Crippen molar-refractivity contribution in [3.63, 3.8) is 0 Å². The second kappa shape index (κ2) is 13.7. The summed E-state index contributed by atoms with van der Waals surface area (Å²) >= 11 is 1.59. The molecule has 0 aliphatic heterocycles. The summed E-state index contributed by atoms with van der Waals surface area (Å²) in [7, 11) is 0. The Balaban J connectivity index is 1.82. The third-order valence-electron chi connectivity index (χ3n) is 5.87. The van der Waals surface area contributed by atoms with E-state index >= 15 is 0 Å². The van der Waals surface area contributed by atoms with Crippen molar-refractivity contribution in [2.75, 3.05) is 12.3 Å². The molecule has 35 heavy (non-hydrogen) atoms. The van der Waals surface area contributed by atoms with Crippen molar-refractivity contribution in [3.8, 4) is 0 Å². The van der Waals surface area contributed by atoms with Gasteiger partial charge in [0.1, 0.15) is 6.04 Å². The average molecular weight is 489 g/mol. The van der Waals surface area contributed by atoms with E-state index in [0.29, 0.717) is 25.3 Å². The lowest BCUT2D eigenvalue weighted by Crippen LogP contribution is -2.51. The number of carbonyl (C=O) groups excluding carboxylic acids is 2. The first-order valence-corrected chi connectivity index (χ1v) is 13.4. The summed E-state index contributed by atoms with van der Waals surface area (Å²) in [5.41, 5.74) is 5.63. The highest BCUT2D eigenvalue weighted by Crippen LogP contribution is 2.19. The maximum absolute atomic E-state index is 13.6. The van der Waals surface area contributed by atoms with Gasteiger partial charge in [0.05, 0.1) is 5.75 Å². The first-order valence-electron chi connectivity index (χ1n) is 12.3. The molecule has 3 rings (SSSR count). The zero-order chi connectivity index (χ0) is 25.0. The molecule has 1 atom stereocenters.